The Morgan fingerprint density at radius 2 is 0.967 bits per heavy atom. The van der Waals surface area contributed by atoms with E-state index in [4.69, 9.17) is 0 Å². The first kappa shape index (κ1) is 40.0. The number of ketones is 1. The fraction of sp³-hybridized carbons (Fsp3) is 0.0465. The predicted molar refractivity (Wildman–Crippen MR) is 221 cm³/mol. The van der Waals surface area contributed by atoms with Crippen LogP contribution in [0, 0.1) is 0 Å². The number of aromatic nitrogens is 3. The summed E-state index contributed by atoms with van der Waals surface area (Å²) in [7, 11) is -3.43. The maximum Gasteiger partial charge on any atom is 0.256 e. The number of carboxylic acid groups (broad SMARTS) is 2. The number of hydrogen-bond acceptors (Lipinski definition) is 14. The lowest BCUT2D eigenvalue weighted by Gasteiger charge is -2.13. The summed E-state index contributed by atoms with van der Waals surface area (Å²) in [6.45, 7) is 0. The summed E-state index contributed by atoms with van der Waals surface area (Å²) in [6.07, 6.45) is 1.34. The number of nitrogens with zero attached hydrogens (tertiary/aromatic N) is 3. The van der Waals surface area contributed by atoms with Crippen molar-refractivity contribution in [2.45, 2.75) is 6.42 Å². The van der Waals surface area contributed by atoms with Gasteiger partial charge in [-0.05, 0) is 76.4 Å². The van der Waals surface area contributed by atoms with Crippen LogP contribution in [0.15, 0.2) is 145 Å². The third kappa shape index (κ3) is 9.67. The molecule has 0 unspecified atom stereocenters. The lowest BCUT2D eigenvalue weighted by molar-refractivity contribution is -0.256. The molecule has 5 N–H and O–H groups in total. The molecule has 0 spiro atoms. The smallest absolute Gasteiger partial charge is 0.256 e. The number of benzene rings is 5. The number of allylic oxidation sites excluding steroid dienone is 1. The van der Waals surface area contributed by atoms with E-state index in [2.05, 4.69) is 40.9 Å². The average molecular weight is 821 g/mol. The molecule has 17 heteroatoms. The molecule has 16 nitrogen and oxygen atoms in total. The third-order valence-electron chi connectivity index (χ3n) is 8.90. The highest BCUT2D eigenvalue weighted by atomic mass is 32.2. The van der Waals surface area contributed by atoms with Crippen LogP contribution in [0.5, 0.6) is 0 Å². The van der Waals surface area contributed by atoms with Gasteiger partial charge in [0.2, 0.25) is 27.9 Å². The van der Waals surface area contributed by atoms with Gasteiger partial charge in [-0.15, -0.1) is 0 Å². The fourth-order valence-electron chi connectivity index (χ4n) is 6.23. The predicted octanol–water partition coefficient (Wildman–Crippen LogP) is 4.16. The van der Waals surface area contributed by atoms with Gasteiger partial charge in [-0.2, -0.15) is 15.0 Å². The largest absolute Gasteiger partial charge is 0.545 e. The molecule has 0 bridgehead atoms. The molecule has 300 valence electrons. The van der Waals surface area contributed by atoms with Crippen molar-refractivity contribution in [1.82, 2.24) is 20.3 Å². The van der Waals surface area contributed by atoms with E-state index in [1.54, 1.807) is 24.3 Å². The maximum absolute atomic E-state index is 12.5. The van der Waals surface area contributed by atoms with E-state index in [1.807, 2.05) is 60.7 Å². The summed E-state index contributed by atoms with van der Waals surface area (Å²) in [6, 6.07) is 37.0. The number of rotatable bonds is 12. The fourth-order valence-corrected chi connectivity index (χ4v) is 6.80. The lowest BCUT2D eigenvalue weighted by atomic mass is 10.0. The molecule has 2 aliphatic rings. The Bertz CT molecular complexity index is 2650. The SMILES string of the molecule is CS(=O)(=O)Nc1ccc(Nc2nc(Nc3ccc(C(=O)[O-])cc3)nc(Nc3ccc(C(=O)[O-])cc3)n2)cc1.O=C1CC(c2ccccc2)=C2C(=O)NC(c3ccccc3)=C12. The molecule has 2 heterocycles. The summed E-state index contributed by atoms with van der Waals surface area (Å²) in [5.74, 6) is -2.47. The van der Waals surface area contributed by atoms with Gasteiger partial charge in [0.1, 0.15) is 0 Å². The van der Waals surface area contributed by atoms with Crippen molar-refractivity contribution in [2.75, 3.05) is 26.9 Å². The Balaban J connectivity index is 0.000000208. The van der Waals surface area contributed by atoms with Crippen LogP contribution in [0.2, 0.25) is 0 Å². The van der Waals surface area contributed by atoms with Crippen LogP contribution >= 0.6 is 0 Å². The Morgan fingerprint density at radius 3 is 1.38 bits per heavy atom. The van der Waals surface area contributed by atoms with Crippen molar-refractivity contribution in [1.29, 1.82) is 0 Å². The summed E-state index contributed by atoms with van der Waals surface area (Å²) in [5.41, 5.74) is 6.25. The van der Waals surface area contributed by atoms with Crippen LogP contribution in [0.4, 0.5) is 40.6 Å². The number of sulfonamides is 1. The van der Waals surface area contributed by atoms with Crippen LogP contribution in [0.1, 0.15) is 38.3 Å². The zero-order valence-corrected chi connectivity index (χ0v) is 32.2. The van der Waals surface area contributed by atoms with E-state index in [-0.39, 0.29) is 40.7 Å². The second kappa shape index (κ2) is 17.1. The van der Waals surface area contributed by atoms with Gasteiger partial charge in [0.25, 0.3) is 5.91 Å². The quantitative estimate of drug-likeness (QED) is 0.116. The van der Waals surface area contributed by atoms with Gasteiger partial charge < -0.3 is 41.1 Å². The summed E-state index contributed by atoms with van der Waals surface area (Å²) in [4.78, 5) is 59.9. The number of nitrogens with one attached hydrogen (secondary N) is 5. The first-order valence-corrected chi connectivity index (χ1v) is 19.9. The van der Waals surface area contributed by atoms with E-state index in [0.29, 0.717) is 46.0 Å². The Kier molecular flexibility index (Phi) is 11.4. The van der Waals surface area contributed by atoms with Crippen molar-refractivity contribution in [3.05, 3.63) is 167 Å². The first-order valence-electron chi connectivity index (χ1n) is 18.0. The molecule has 8 rings (SSSR count). The van der Waals surface area contributed by atoms with E-state index >= 15 is 0 Å². The zero-order chi connectivity index (χ0) is 42.4. The molecule has 0 atom stereocenters. The number of carbonyl (C=O) groups is 4. The molecular weight excluding hydrogens is 789 g/mol. The molecule has 0 fully saturated rings. The van der Waals surface area contributed by atoms with Crippen LogP contribution in [0.3, 0.4) is 0 Å². The van der Waals surface area contributed by atoms with Crippen molar-refractivity contribution < 1.29 is 37.8 Å². The standard InChI is InChI=1S/C24H21N7O6S.C19H13NO2/c1-38(36,37)31-19-12-10-18(11-13-19)27-24-29-22(25-16-6-2-14(3-7-16)20(32)33)28-23(30-24)26-17-8-4-15(5-9-17)21(34)35;21-15-11-14(12-7-3-1-4-8-12)16-17(15)18(20-19(16)22)13-9-5-2-6-10-13/h2-13,31H,1H3,(H,32,33)(H,34,35)(H3,25,26,27,28,29,30);1-10H,11H2,(H,20,22)/p-2. The monoisotopic (exact) mass is 820 g/mol. The average Bonchev–Trinajstić information content (AvgIpc) is 3.76. The molecule has 5 aromatic carbocycles. The number of hydrogen-bond donors (Lipinski definition) is 5. The van der Waals surface area contributed by atoms with Gasteiger partial charge in [-0.3, -0.25) is 14.3 Å². The minimum atomic E-state index is -3.43. The van der Waals surface area contributed by atoms with E-state index in [9.17, 15) is 37.8 Å². The van der Waals surface area contributed by atoms with Crippen molar-refractivity contribution >= 4 is 85.5 Å². The van der Waals surface area contributed by atoms with Gasteiger partial charge in [0.05, 0.1) is 35.0 Å². The topological polar surface area (TPSA) is 247 Å². The van der Waals surface area contributed by atoms with Crippen LogP contribution < -0.4 is 36.2 Å². The van der Waals surface area contributed by atoms with Gasteiger partial charge in [-0.1, -0.05) is 84.9 Å². The minimum absolute atomic E-state index is 0.00438. The lowest BCUT2D eigenvalue weighted by Crippen LogP contribution is -2.21. The number of aromatic carboxylic acids is 2. The van der Waals surface area contributed by atoms with Gasteiger partial charge in [0, 0.05) is 29.2 Å². The molecule has 1 aromatic heterocycles. The van der Waals surface area contributed by atoms with Crippen LogP contribution in [-0.4, -0.2) is 53.3 Å². The summed E-state index contributed by atoms with van der Waals surface area (Å²) < 4.78 is 25.2. The number of amides is 1. The van der Waals surface area contributed by atoms with Crippen LogP contribution in [-0.2, 0) is 19.6 Å². The van der Waals surface area contributed by atoms with Gasteiger partial charge >= 0.3 is 0 Å². The molecule has 1 amide bonds. The number of Topliss-reactive ketones (excluding diaryl/α,β-unsaturated/α-hetero) is 1. The van der Waals surface area contributed by atoms with Crippen molar-refractivity contribution in [3.8, 4) is 0 Å². The second-order valence-electron chi connectivity index (χ2n) is 13.3. The normalized spacial score (nSPS) is 13.2. The molecule has 0 radical (unpaired) electrons. The summed E-state index contributed by atoms with van der Waals surface area (Å²) >= 11 is 0. The molecule has 1 aliphatic carbocycles. The van der Waals surface area contributed by atoms with Crippen LogP contribution in [0.25, 0.3) is 11.3 Å². The van der Waals surface area contributed by atoms with Gasteiger partial charge in [-0.25, -0.2) is 8.42 Å². The molecular formula is C43H32N8O8S-2. The number of fused-ring (bicyclic) bond motifs is 1. The summed E-state index contributed by atoms with van der Waals surface area (Å²) in [5, 5.41) is 33.8. The number of carbonyl (C=O) groups excluding carboxylic acids is 4. The van der Waals surface area contributed by atoms with Gasteiger partial charge in [0.15, 0.2) is 5.78 Å². The molecule has 0 saturated carbocycles. The zero-order valence-electron chi connectivity index (χ0n) is 31.4. The van der Waals surface area contributed by atoms with E-state index < -0.39 is 22.0 Å². The van der Waals surface area contributed by atoms with E-state index in [0.717, 1.165) is 23.0 Å². The number of carboxylic acids is 2. The Hall–Kier alpha value is -8.18. The minimum Gasteiger partial charge on any atom is -0.545 e. The molecule has 6 aromatic rings. The first-order chi connectivity index (χ1) is 28.8. The molecule has 60 heavy (non-hydrogen) atoms. The third-order valence-corrected chi connectivity index (χ3v) is 9.51. The highest BCUT2D eigenvalue weighted by Gasteiger charge is 2.40. The van der Waals surface area contributed by atoms with Crippen molar-refractivity contribution in [3.63, 3.8) is 0 Å². The number of anilines is 7. The molecule has 1 aliphatic heterocycles. The maximum atomic E-state index is 12.5. The second-order valence-corrected chi connectivity index (χ2v) is 15.0. The van der Waals surface area contributed by atoms with Crippen molar-refractivity contribution in [2.24, 2.45) is 0 Å². The Morgan fingerprint density at radius 1 is 0.567 bits per heavy atom. The molecule has 0 saturated heterocycles. The van der Waals surface area contributed by atoms with E-state index in [1.165, 1.54) is 48.5 Å². The Labute approximate surface area is 342 Å². The highest BCUT2D eigenvalue weighted by molar-refractivity contribution is 7.92. The highest BCUT2D eigenvalue weighted by Crippen LogP contribution is 2.42.